The van der Waals surface area contributed by atoms with Crippen LogP contribution in [-0.4, -0.2) is 67.9 Å². The Labute approximate surface area is 226 Å². The van der Waals surface area contributed by atoms with Crippen molar-refractivity contribution in [2.24, 2.45) is 5.41 Å². The molecule has 10 nitrogen and oxygen atoms in total. The van der Waals surface area contributed by atoms with Gasteiger partial charge in [-0.05, 0) is 64.7 Å². The molecule has 0 atom stereocenters. The predicted molar refractivity (Wildman–Crippen MR) is 141 cm³/mol. The second kappa shape index (κ2) is 9.69. The van der Waals surface area contributed by atoms with Gasteiger partial charge in [0.05, 0.1) is 5.69 Å². The lowest BCUT2D eigenvalue weighted by molar-refractivity contribution is 0.00586. The molecule has 1 spiro atoms. The lowest BCUT2D eigenvalue weighted by Gasteiger charge is -2.54. The number of anilines is 1. The van der Waals surface area contributed by atoms with Crippen molar-refractivity contribution >= 4 is 11.9 Å². The monoisotopic (exact) mass is 533 g/mol. The Kier molecular flexibility index (Phi) is 6.31. The van der Waals surface area contributed by atoms with E-state index in [0.717, 1.165) is 50.0 Å². The van der Waals surface area contributed by atoms with Gasteiger partial charge in [-0.3, -0.25) is 0 Å². The number of benzene rings is 1. The highest BCUT2D eigenvalue weighted by atomic mass is 19.1. The van der Waals surface area contributed by atoms with E-state index in [0.29, 0.717) is 36.1 Å². The Morgan fingerprint density at radius 3 is 2.56 bits per heavy atom. The third-order valence-corrected chi connectivity index (χ3v) is 7.54. The van der Waals surface area contributed by atoms with Crippen LogP contribution in [0.25, 0.3) is 11.1 Å². The van der Waals surface area contributed by atoms with Crippen molar-refractivity contribution in [1.82, 2.24) is 30.0 Å². The lowest BCUT2D eigenvalue weighted by Crippen LogP contribution is -2.61. The van der Waals surface area contributed by atoms with Gasteiger partial charge in [-0.25, -0.2) is 24.1 Å². The van der Waals surface area contributed by atoms with Gasteiger partial charge in [0.1, 0.15) is 29.8 Å². The van der Waals surface area contributed by atoms with Gasteiger partial charge in [0.25, 0.3) is 5.88 Å². The predicted octanol–water partition coefficient (Wildman–Crippen LogP) is 4.97. The number of aromatic nitrogens is 5. The molecule has 3 fully saturated rings. The fraction of sp³-hybridized carbons (Fsp3) is 0.500. The number of likely N-dealkylation sites (tertiary alicyclic amines) is 1. The van der Waals surface area contributed by atoms with Gasteiger partial charge in [0.2, 0.25) is 0 Å². The van der Waals surface area contributed by atoms with Crippen molar-refractivity contribution in [3.63, 3.8) is 0 Å². The summed E-state index contributed by atoms with van der Waals surface area (Å²) < 4.78 is 26.2. The fourth-order valence-electron chi connectivity index (χ4n) is 5.40. The first-order valence-electron chi connectivity index (χ1n) is 13.4. The van der Waals surface area contributed by atoms with Crippen molar-refractivity contribution in [2.45, 2.75) is 58.0 Å². The molecule has 0 N–H and O–H groups in total. The third-order valence-electron chi connectivity index (χ3n) is 7.54. The molecule has 3 aromatic rings. The average Bonchev–Trinajstić information content (AvgIpc) is 3.73. The van der Waals surface area contributed by atoms with Crippen LogP contribution >= 0.6 is 0 Å². The highest BCUT2D eigenvalue weighted by molar-refractivity contribution is 5.73. The van der Waals surface area contributed by atoms with E-state index in [9.17, 15) is 9.18 Å². The third kappa shape index (κ3) is 5.35. The number of hydrogen-bond donors (Lipinski definition) is 0. The van der Waals surface area contributed by atoms with E-state index in [-0.39, 0.29) is 23.2 Å². The van der Waals surface area contributed by atoms with Crippen LogP contribution in [0.4, 0.5) is 15.0 Å². The summed E-state index contributed by atoms with van der Waals surface area (Å²) in [7, 11) is 0. The molecule has 1 amide bonds. The molecule has 1 aliphatic carbocycles. The van der Waals surface area contributed by atoms with Crippen molar-refractivity contribution < 1.29 is 18.7 Å². The molecule has 3 aliphatic rings. The minimum absolute atomic E-state index is 0.0995. The van der Waals surface area contributed by atoms with Crippen LogP contribution in [0.2, 0.25) is 0 Å². The summed E-state index contributed by atoms with van der Waals surface area (Å²) in [6.07, 6.45) is 8.27. The first-order chi connectivity index (χ1) is 18.7. The molecular weight excluding hydrogens is 501 g/mol. The first-order valence-corrected chi connectivity index (χ1v) is 13.4. The maximum Gasteiger partial charge on any atom is 0.410 e. The van der Waals surface area contributed by atoms with Gasteiger partial charge in [0.15, 0.2) is 5.82 Å². The molecule has 0 unspecified atom stereocenters. The Bertz CT molecular complexity index is 1380. The Morgan fingerprint density at radius 2 is 1.85 bits per heavy atom. The van der Waals surface area contributed by atoms with Crippen LogP contribution in [0.5, 0.6) is 11.6 Å². The smallest absolute Gasteiger partial charge is 0.410 e. The number of carbonyl (C=O) groups excluding carboxylic acids is 1. The number of piperidine rings is 1. The number of halogens is 1. The van der Waals surface area contributed by atoms with Crippen molar-refractivity contribution in [2.75, 3.05) is 31.1 Å². The minimum atomic E-state index is -0.507. The molecule has 0 bridgehead atoms. The highest BCUT2D eigenvalue weighted by Crippen LogP contribution is 2.47. The summed E-state index contributed by atoms with van der Waals surface area (Å²) >= 11 is 0. The topological polar surface area (TPSA) is 106 Å². The van der Waals surface area contributed by atoms with Crippen LogP contribution in [0.1, 0.15) is 58.1 Å². The van der Waals surface area contributed by atoms with Gasteiger partial charge in [-0.1, -0.05) is 0 Å². The zero-order valence-corrected chi connectivity index (χ0v) is 22.4. The summed E-state index contributed by atoms with van der Waals surface area (Å²) in [5.74, 6) is 1.27. The molecule has 2 saturated heterocycles. The van der Waals surface area contributed by atoms with E-state index in [1.807, 2.05) is 20.8 Å². The van der Waals surface area contributed by atoms with Crippen molar-refractivity contribution in [3.05, 3.63) is 48.6 Å². The molecule has 4 heterocycles. The van der Waals surface area contributed by atoms with Crippen molar-refractivity contribution in [3.8, 4) is 22.8 Å². The lowest BCUT2D eigenvalue weighted by atomic mass is 9.72. The van der Waals surface area contributed by atoms with Crippen molar-refractivity contribution in [1.29, 1.82) is 0 Å². The highest BCUT2D eigenvalue weighted by Gasteiger charge is 2.47. The summed E-state index contributed by atoms with van der Waals surface area (Å²) in [6.45, 7) is 8.51. The quantitative estimate of drug-likeness (QED) is 0.449. The van der Waals surface area contributed by atoms with E-state index < -0.39 is 5.60 Å². The molecule has 39 heavy (non-hydrogen) atoms. The Hall–Kier alpha value is -3.89. The summed E-state index contributed by atoms with van der Waals surface area (Å²) in [6, 6.07) is 4.40. The van der Waals surface area contributed by atoms with E-state index in [1.54, 1.807) is 17.2 Å². The first kappa shape index (κ1) is 25.4. The zero-order valence-electron chi connectivity index (χ0n) is 22.4. The van der Waals surface area contributed by atoms with Gasteiger partial charge in [0, 0.05) is 54.8 Å². The number of amides is 1. The number of nitrogens with zero attached hydrogens (tertiary/aromatic N) is 7. The number of rotatable bonds is 5. The number of ether oxygens (including phenoxy) is 2. The van der Waals surface area contributed by atoms with Crippen LogP contribution in [0, 0.1) is 11.2 Å². The average molecular weight is 534 g/mol. The van der Waals surface area contributed by atoms with Gasteiger partial charge < -0.3 is 19.3 Å². The van der Waals surface area contributed by atoms with E-state index in [4.69, 9.17) is 9.47 Å². The second-order valence-electron chi connectivity index (χ2n) is 11.8. The zero-order chi connectivity index (χ0) is 27.2. The molecule has 2 aliphatic heterocycles. The van der Waals surface area contributed by atoms with Crippen LogP contribution in [0.3, 0.4) is 0 Å². The molecule has 0 radical (unpaired) electrons. The van der Waals surface area contributed by atoms with Gasteiger partial charge in [-0.2, -0.15) is 0 Å². The van der Waals surface area contributed by atoms with Gasteiger partial charge in [-0.15, -0.1) is 10.2 Å². The Balaban J connectivity index is 1.18. The Morgan fingerprint density at radius 1 is 1.08 bits per heavy atom. The largest absolute Gasteiger partial charge is 0.444 e. The van der Waals surface area contributed by atoms with E-state index >= 15 is 0 Å². The molecule has 11 heteroatoms. The molecular formula is C28H32FN7O3. The van der Waals surface area contributed by atoms with E-state index in [1.165, 1.54) is 24.8 Å². The molecule has 204 valence electrons. The normalized spacial score (nSPS) is 18.6. The summed E-state index contributed by atoms with van der Waals surface area (Å²) in [5, 5.41) is 8.19. The molecule has 2 aromatic heterocycles. The molecule has 1 aromatic carbocycles. The minimum Gasteiger partial charge on any atom is -0.444 e. The molecule has 1 saturated carbocycles. The van der Waals surface area contributed by atoms with Gasteiger partial charge >= 0.3 is 6.09 Å². The summed E-state index contributed by atoms with van der Waals surface area (Å²) in [5.41, 5.74) is 1.83. The van der Waals surface area contributed by atoms with Crippen LogP contribution in [-0.2, 0) is 4.74 Å². The summed E-state index contributed by atoms with van der Waals surface area (Å²) in [4.78, 5) is 29.5. The van der Waals surface area contributed by atoms with Crippen LogP contribution < -0.4 is 9.64 Å². The maximum atomic E-state index is 14.4. The second-order valence-corrected chi connectivity index (χ2v) is 11.8. The number of carbonyl (C=O) groups is 1. The van der Waals surface area contributed by atoms with E-state index in [2.05, 4.69) is 30.0 Å². The SMILES string of the molecule is CC(C)(C)OC(=O)N1CCC2(CC1)CN(c1ncnnc1Oc1ccc(F)cc1-c1cncnc1C1CC1)C2. The maximum absolute atomic E-state index is 14.4. The molecule has 6 rings (SSSR count). The fourth-order valence-corrected chi connectivity index (χ4v) is 5.40. The van der Waals surface area contributed by atoms with Crippen LogP contribution in [0.15, 0.2) is 37.1 Å². The standard InChI is InChI=1S/C28H32FN7O3/c1-27(2,3)39-26(37)35-10-8-28(9-11-35)14-36(15-28)24-25(34-33-17-32-24)38-22-7-6-19(29)12-20(22)21-13-30-16-31-23(21)18-4-5-18/h6-7,12-13,16-18H,4-5,8-11,14-15H2,1-3H3. The number of hydrogen-bond acceptors (Lipinski definition) is 9.